The molecule has 0 saturated carbocycles. The lowest BCUT2D eigenvalue weighted by Gasteiger charge is -2.33. The number of carbonyl (C=O) groups is 2. The Morgan fingerprint density at radius 3 is 2.64 bits per heavy atom. The van der Waals surface area contributed by atoms with E-state index in [-0.39, 0.29) is 17.6 Å². The molecule has 2 saturated heterocycles. The summed E-state index contributed by atoms with van der Waals surface area (Å²) in [6.07, 6.45) is 5.96. The van der Waals surface area contributed by atoms with E-state index in [1.807, 2.05) is 6.07 Å². The van der Waals surface area contributed by atoms with Gasteiger partial charge in [0.05, 0.1) is 0 Å². The normalized spacial score (nSPS) is 19.6. The van der Waals surface area contributed by atoms with Crippen LogP contribution in [0, 0.1) is 5.92 Å². The van der Waals surface area contributed by atoms with Crippen LogP contribution in [0.15, 0.2) is 18.3 Å². The molecule has 25 heavy (non-hydrogen) atoms. The van der Waals surface area contributed by atoms with Crippen LogP contribution in [0.25, 0.3) is 0 Å². The number of ether oxygens (including phenoxy) is 1. The minimum Gasteiger partial charge on any atom is -0.381 e. The van der Waals surface area contributed by atoms with Crippen molar-refractivity contribution in [2.45, 2.75) is 38.1 Å². The molecule has 0 radical (unpaired) electrons. The van der Waals surface area contributed by atoms with E-state index in [2.05, 4.69) is 15.2 Å². The van der Waals surface area contributed by atoms with Gasteiger partial charge in [0.1, 0.15) is 5.69 Å². The Hall–Kier alpha value is -2.15. The SMILES string of the molecule is NC(=O)c1cc(N2CCC(CC(=O)NC3CCOCC3)CC2)ccn1. The van der Waals surface area contributed by atoms with Crippen molar-refractivity contribution >= 4 is 17.5 Å². The van der Waals surface area contributed by atoms with Gasteiger partial charge in [-0.25, -0.2) is 0 Å². The maximum atomic E-state index is 12.2. The molecule has 3 heterocycles. The molecule has 0 unspecified atom stereocenters. The van der Waals surface area contributed by atoms with Crippen molar-refractivity contribution in [2.75, 3.05) is 31.2 Å². The van der Waals surface area contributed by atoms with Crippen LogP contribution in [0.2, 0.25) is 0 Å². The maximum Gasteiger partial charge on any atom is 0.267 e. The third-order valence-electron chi connectivity index (χ3n) is 5.04. The molecule has 2 amide bonds. The third kappa shape index (κ3) is 4.92. The maximum absolute atomic E-state index is 12.2. The molecule has 2 fully saturated rings. The topological polar surface area (TPSA) is 97.6 Å². The smallest absolute Gasteiger partial charge is 0.267 e. The first-order valence-electron chi connectivity index (χ1n) is 8.99. The van der Waals surface area contributed by atoms with E-state index in [4.69, 9.17) is 10.5 Å². The molecule has 0 atom stereocenters. The Morgan fingerprint density at radius 1 is 1.24 bits per heavy atom. The molecule has 1 aromatic rings. The zero-order chi connectivity index (χ0) is 17.6. The van der Waals surface area contributed by atoms with Gasteiger partial charge in [-0.3, -0.25) is 14.6 Å². The summed E-state index contributed by atoms with van der Waals surface area (Å²) < 4.78 is 5.32. The number of primary amides is 1. The minimum absolute atomic E-state index is 0.158. The number of nitrogens with zero attached hydrogens (tertiary/aromatic N) is 2. The summed E-state index contributed by atoms with van der Waals surface area (Å²) in [5.41, 5.74) is 6.55. The van der Waals surface area contributed by atoms with Gasteiger partial charge in [-0.1, -0.05) is 0 Å². The predicted molar refractivity (Wildman–Crippen MR) is 94.3 cm³/mol. The lowest BCUT2D eigenvalue weighted by Crippen LogP contribution is -2.41. The lowest BCUT2D eigenvalue weighted by atomic mass is 9.92. The second-order valence-electron chi connectivity index (χ2n) is 6.85. The molecule has 3 rings (SSSR count). The van der Waals surface area contributed by atoms with Crippen molar-refractivity contribution in [1.29, 1.82) is 0 Å². The summed E-state index contributed by atoms with van der Waals surface area (Å²) >= 11 is 0. The number of hydrogen-bond donors (Lipinski definition) is 2. The first kappa shape index (κ1) is 17.7. The molecule has 2 aliphatic rings. The van der Waals surface area contributed by atoms with Crippen LogP contribution in [0.4, 0.5) is 5.69 Å². The fourth-order valence-corrected chi connectivity index (χ4v) is 3.54. The van der Waals surface area contributed by atoms with Crippen molar-refractivity contribution < 1.29 is 14.3 Å². The number of nitrogens with two attached hydrogens (primary N) is 1. The van der Waals surface area contributed by atoms with E-state index in [0.29, 0.717) is 12.3 Å². The molecule has 3 N–H and O–H groups in total. The van der Waals surface area contributed by atoms with E-state index in [1.165, 1.54) is 0 Å². The number of carbonyl (C=O) groups excluding carboxylic acids is 2. The van der Waals surface area contributed by atoms with Crippen LogP contribution in [-0.2, 0) is 9.53 Å². The highest BCUT2D eigenvalue weighted by molar-refractivity contribution is 5.91. The monoisotopic (exact) mass is 346 g/mol. The van der Waals surface area contributed by atoms with Crippen LogP contribution in [0.3, 0.4) is 0 Å². The second kappa shape index (κ2) is 8.29. The van der Waals surface area contributed by atoms with Gasteiger partial charge in [-0.15, -0.1) is 0 Å². The second-order valence-corrected chi connectivity index (χ2v) is 6.85. The lowest BCUT2D eigenvalue weighted by molar-refractivity contribution is -0.123. The highest BCUT2D eigenvalue weighted by Gasteiger charge is 2.24. The fraction of sp³-hybridized carbons (Fsp3) is 0.611. The average molecular weight is 346 g/mol. The number of anilines is 1. The van der Waals surface area contributed by atoms with Crippen LogP contribution in [0.1, 0.15) is 42.6 Å². The molecule has 0 aliphatic carbocycles. The van der Waals surface area contributed by atoms with Crippen molar-refractivity contribution in [3.05, 3.63) is 24.0 Å². The third-order valence-corrected chi connectivity index (χ3v) is 5.04. The number of nitrogens with one attached hydrogen (secondary N) is 1. The molecule has 1 aromatic heterocycles. The molecule has 0 bridgehead atoms. The summed E-state index contributed by atoms with van der Waals surface area (Å²) in [4.78, 5) is 29.7. The molecule has 0 spiro atoms. The minimum atomic E-state index is -0.512. The first-order chi connectivity index (χ1) is 12.1. The highest BCUT2D eigenvalue weighted by Crippen LogP contribution is 2.25. The summed E-state index contributed by atoms with van der Waals surface area (Å²) in [6.45, 7) is 3.22. The number of aromatic nitrogens is 1. The number of hydrogen-bond acceptors (Lipinski definition) is 5. The summed E-state index contributed by atoms with van der Waals surface area (Å²) in [6, 6.07) is 3.90. The molecular formula is C18H26N4O3. The van der Waals surface area contributed by atoms with E-state index in [9.17, 15) is 9.59 Å². The average Bonchev–Trinajstić information content (AvgIpc) is 2.63. The van der Waals surface area contributed by atoms with Crippen molar-refractivity contribution in [2.24, 2.45) is 11.7 Å². The molecular weight excluding hydrogens is 320 g/mol. The summed E-state index contributed by atoms with van der Waals surface area (Å²) in [7, 11) is 0. The Morgan fingerprint density at radius 2 is 1.96 bits per heavy atom. The van der Waals surface area contributed by atoms with E-state index >= 15 is 0 Å². The number of rotatable bonds is 5. The quantitative estimate of drug-likeness (QED) is 0.831. The van der Waals surface area contributed by atoms with Crippen molar-refractivity contribution in [1.82, 2.24) is 10.3 Å². The van der Waals surface area contributed by atoms with Gasteiger partial charge in [0.2, 0.25) is 5.91 Å². The van der Waals surface area contributed by atoms with Crippen LogP contribution in [0.5, 0.6) is 0 Å². The van der Waals surface area contributed by atoms with Crippen molar-refractivity contribution in [3.8, 4) is 0 Å². The van der Waals surface area contributed by atoms with Crippen molar-refractivity contribution in [3.63, 3.8) is 0 Å². The standard InChI is InChI=1S/C18H26N4O3/c19-18(24)16-12-15(1-6-20-16)22-7-2-13(3-8-22)11-17(23)21-14-4-9-25-10-5-14/h1,6,12-14H,2-5,7-11H2,(H2,19,24)(H,21,23). The van der Waals surface area contributed by atoms with E-state index in [0.717, 1.165) is 57.7 Å². The first-order valence-corrected chi connectivity index (χ1v) is 8.99. The zero-order valence-corrected chi connectivity index (χ0v) is 14.4. The molecule has 7 nitrogen and oxygen atoms in total. The van der Waals surface area contributed by atoms with Gasteiger partial charge in [-0.05, 0) is 43.7 Å². The van der Waals surface area contributed by atoms with E-state index < -0.39 is 5.91 Å². The van der Waals surface area contributed by atoms with E-state index in [1.54, 1.807) is 12.3 Å². The van der Waals surface area contributed by atoms with Gasteiger partial charge >= 0.3 is 0 Å². The van der Waals surface area contributed by atoms with Crippen LogP contribution >= 0.6 is 0 Å². The Kier molecular flexibility index (Phi) is 5.86. The Balaban J connectivity index is 1.46. The molecule has 7 heteroatoms. The Bertz CT molecular complexity index is 608. The molecule has 2 aliphatic heterocycles. The molecule has 0 aromatic carbocycles. The molecule has 136 valence electrons. The van der Waals surface area contributed by atoms with Gasteiger partial charge in [0.15, 0.2) is 0 Å². The van der Waals surface area contributed by atoms with Crippen LogP contribution in [-0.4, -0.2) is 49.1 Å². The highest BCUT2D eigenvalue weighted by atomic mass is 16.5. The largest absolute Gasteiger partial charge is 0.381 e. The van der Waals surface area contributed by atoms with Gasteiger partial charge in [0, 0.05) is 50.7 Å². The number of pyridine rings is 1. The summed E-state index contributed by atoms with van der Waals surface area (Å²) in [5.74, 6) is 0.0559. The number of piperidine rings is 1. The fourth-order valence-electron chi connectivity index (χ4n) is 3.54. The van der Waals surface area contributed by atoms with Crippen LogP contribution < -0.4 is 16.0 Å². The number of amides is 2. The summed E-state index contributed by atoms with van der Waals surface area (Å²) in [5, 5.41) is 3.14. The Labute approximate surface area is 147 Å². The zero-order valence-electron chi connectivity index (χ0n) is 14.4. The van der Waals surface area contributed by atoms with Gasteiger partial charge in [0.25, 0.3) is 5.91 Å². The van der Waals surface area contributed by atoms with Gasteiger partial charge < -0.3 is 20.7 Å². The predicted octanol–water partition coefficient (Wildman–Crippen LogP) is 1.08. The van der Waals surface area contributed by atoms with Gasteiger partial charge in [-0.2, -0.15) is 0 Å².